The van der Waals surface area contributed by atoms with Crippen LogP contribution in [0.25, 0.3) is 0 Å². The molecule has 342 valence electrons. The molecule has 6 heteroatoms. The van der Waals surface area contributed by atoms with E-state index in [1.165, 1.54) is 180 Å². The van der Waals surface area contributed by atoms with Crippen molar-refractivity contribution in [2.75, 3.05) is 13.2 Å². The highest BCUT2D eigenvalue weighted by atomic mass is 16.6. The lowest BCUT2D eigenvalue weighted by atomic mass is 10.0. The second-order valence-electron chi connectivity index (χ2n) is 17.4. The molecule has 0 aromatic heterocycles. The van der Waals surface area contributed by atoms with Crippen molar-refractivity contribution in [2.24, 2.45) is 0 Å². The molecule has 58 heavy (non-hydrogen) atoms. The van der Waals surface area contributed by atoms with Crippen LogP contribution in [0, 0.1) is 0 Å². The molecular weight excluding hydrogens is 721 g/mol. The first kappa shape index (κ1) is 56.1. The van der Waals surface area contributed by atoms with Crippen molar-refractivity contribution < 1.29 is 28.6 Å². The summed E-state index contributed by atoms with van der Waals surface area (Å²) in [7, 11) is 0. The van der Waals surface area contributed by atoms with E-state index in [-0.39, 0.29) is 31.1 Å². The molecule has 0 aliphatic rings. The fourth-order valence-corrected chi connectivity index (χ4v) is 7.61. The first-order valence-corrected chi connectivity index (χ1v) is 25.7. The lowest BCUT2D eigenvalue weighted by Crippen LogP contribution is -2.30. The van der Waals surface area contributed by atoms with Crippen LogP contribution in [-0.4, -0.2) is 37.2 Å². The Morgan fingerprint density at radius 1 is 0.328 bits per heavy atom. The molecule has 0 aromatic carbocycles. The van der Waals surface area contributed by atoms with Gasteiger partial charge in [-0.25, -0.2) is 0 Å². The first-order chi connectivity index (χ1) is 28.5. The molecule has 0 aliphatic heterocycles. The van der Waals surface area contributed by atoms with Crippen LogP contribution in [0.1, 0.15) is 284 Å². The van der Waals surface area contributed by atoms with E-state index in [9.17, 15) is 14.4 Å². The lowest BCUT2D eigenvalue weighted by molar-refractivity contribution is -0.167. The minimum Gasteiger partial charge on any atom is -0.462 e. The minimum absolute atomic E-state index is 0.0689. The third-order valence-corrected chi connectivity index (χ3v) is 11.5. The van der Waals surface area contributed by atoms with Crippen LogP contribution in [0.5, 0.6) is 0 Å². The summed E-state index contributed by atoms with van der Waals surface area (Å²) in [6.07, 6.45) is 52.2. The standard InChI is InChI=1S/C52H98O6/c1-4-7-10-13-16-18-20-22-23-24-25-26-27-28-30-31-33-36-39-42-45-51(54)57-48-49(47-56-50(53)44-41-38-35-15-12-9-6-3)58-52(55)46-43-40-37-34-32-29-21-19-17-14-11-8-5-2/h19,21,49H,4-18,20,22-48H2,1-3H3/b21-19-. The van der Waals surface area contributed by atoms with Gasteiger partial charge in [0.05, 0.1) is 0 Å². The summed E-state index contributed by atoms with van der Waals surface area (Å²) in [4.78, 5) is 37.7. The van der Waals surface area contributed by atoms with Gasteiger partial charge in [-0.15, -0.1) is 0 Å². The van der Waals surface area contributed by atoms with Gasteiger partial charge < -0.3 is 14.2 Å². The molecule has 1 unspecified atom stereocenters. The second-order valence-corrected chi connectivity index (χ2v) is 17.4. The maximum Gasteiger partial charge on any atom is 0.306 e. The Balaban J connectivity index is 4.16. The minimum atomic E-state index is -0.766. The Morgan fingerprint density at radius 2 is 0.569 bits per heavy atom. The van der Waals surface area contributed by atoms with Gasteiger partial charge in [-0.3, -0.25) is 14.4 Å². The Bertz CT molecular complexity index is 900. The van der Waals surface area contributed by atoms with Crippen LogP contribution >= 0.6 is 0 Å². The van der Waals surface area contributed by atoms with Gasteiger partial charge in [-0.1, -0.05) is 232 Å². The summed E-state index contributed by atoms with van der Waals surface area (Å²) < 4.78 is 16.7. The molecule has 0 spiro atoms. The molecule has 0 fully saturated rings. The van der Waals surface area contributed by atoms with Gasteiger partial charge in [-0.05, 0) is 44.9 Å². The number of hydrogen-bond donors (Lipinski definition) is 0. The van der Waals surface area contributed by atoms with Crippen molar-refractivity contribution in [3.8, 4) is 0 Å². The highest BCUT2D eigenvalue weighted by Gasteiger charge is 2.19. The quantitative estimate of drug-likeness (QED) is 0.0263. The van der Waals surface area contributed by atoms with Crippen LogP contribution in [0.4, 0.5) is 0 Å². The molecule has 0 bridgehead atoms. The monoisotopic (exact) mass is 819 g/mol. The smallest absolute Gasteiger partial charge is 0.306 e. The number of allylic oxidation sites excluding steroid dienone is 2. The van der Waals surface area contributed by atoms with E-state index in [2.05, 4.69) is 32.9 Å². The number of unbranched alkanes of at least 4 members (excludes halogenated alkanes) is 34. The highest BCUT2D eigenvalue weighted by Crippen LogP contribution is 2.16. The van der Waals surface area contributed by atoms with Gasteiger partial charge >= 0.3 is 17.9 Å². The molecule has 0 N–H and O–H groups in total. The van der Waals surface area contributed by atoms with Crippen LogP contribution in [0.15, 0.2) is 12.2 Å². The number of carbonyl (C=O) groups is 3. The Morgan fingerprint density at radius 3 is 0.879 bits per heavy atom. The molecule has 6 nitrogen and oxygen atoms in total. The predicted molar refractivity (Wildman–Crippen MR) is 247 cm³/mol. The molecule has 1 atom stereocenters. The maximum atomic E-state index is 12.7. The van der Waals surface area contributed by atoms with Crippen molar-refractivity contribution in [3.63, 3.8) is 0 Å². The number of esters is 3. The van der Waals surface area contributed by atoms with E-state index in [0.29, 0.717) is 19.3 Å². The Hall–Kier alpha value is -1.85. The molecular formula is C52H98O6. The number of rotatable bonds is 47. The summed E-state index contributed by atoms with van der Waals surface area (Å²) in [6, 6.07) is 0. The van der Waals surface area contributed by atoms with E-state index in [0.717, 1.165) is 64.2 Å². The highest BCUT2D eigenvalue weighted by molar-refractivity contribution is 5.71. The number of ether oxygens (including phenoxy) is 3. The third kappa shape index (κ3) is 45.2. The molecule has 0 heterocycles. The van der Waals surface area contributed by atoms with Crippen molar-refractivity contribution in [1.82, 2.24) is 0 Å². The first-order valence-electron chi connectivity index (χ1n) is 25.7. The molecule has 0 saturated heterocycles. The molecule has 0 radical (unpaired) electrons. The Kier molecular flexibility index (Phi) is 46.3. The molecule has 0 amide bonds. The topological polar surface area (TPSA) is 78.9 Å². The predicted octanol–water partition coefficient (Wildman–Crippen LogP) is 16.6. The van der Waals surface area contributed by atoms with Crippen molar-refractivity contribution in [3.05, 3.63) is 12.2 Å². The largest absolute Gasteiger partial charge is 0.462 e. The third-order valence-electron chi connectivity index (χ3n) is 11.5. The summed E-state index contributed by atoms with van der Waals surface area (Å²) in [5.74, 6) is -0.870. The summed E-state index contributed by atoms with van der Waals surface area (Å²) >= 11 is 0. The van der Waals surface area contributed by atoms with Gasteiger partial charge in [0.1, 0.15) is 13.2 Å². The van der Waals surface area contributed by atoms with Gasteiger partial charge in [0.25, 0.3) is 0 Å². The second kappa shape index (κ2) is 47.8. The van der Waals surface area contributed by atoms with Crippen molar-refractivity contribution in [2.45, 2.75) is 290 Å². The lowest BCUT2D eigenvalue weighted by Gasteiger charge is -2.18. The zero-order valence-corrected chi connectivity index (χ0v) is 39.1. The van der Waals surface area contributed by atoms with Crippen LogP contribution in [-0.2, 0) is 28.6 Å². The van der Waals surface area contributed by atoms with E-state index in [1.807, 2.05) is 0 Å². The molecule has 0 rings (SSSR count). The molecule has 0 aliphatic carbocycles. The molecule has 0 aromatic rings. The van der Waals surface area contributed by atoms with Gasteiger partial charge in [0.2, 0.25) is 0 Å². The normalized spacial score (nSPS) is 12.0. The average Bonchev–Trinajstić information content (AvgIpc) is 3.22. The van der Waals surface area contributed by atoms with Gasteiger partial charge in [-0.2, -0.15) is 0 Å². The number of hydrogen-bond acceptors (Lipinski definition) is 6. The van der Waals surface area contributed by atoms with E-state index in [1.54, 1.807) is 0 Å². The van der Waals surface area contributed by atoms with Gasteiger partial charge in [0.15, 0.2) is 6.10 Å². The van der Waals surface area contributed by atoms with Crippen LogP contribution in [0.2, 0.25) is 0 Å². The SMILES string of the molecule is CCCCCC/C=C\CCCCCCCC(=O)OC(COC(=O)CCCCCCCCC)COC(=O)CCCCCCCCCCCCCCCCCCCCCC. The van der Waals surface area contributed by atoms with E-state index < -0.39 is 6.10 Å². The van der Waals surface area contributed by atoms with Crippen LogP contribution in [0.3, 0.4) is 0 Å². The average molecular weight is 819 g/mol. The summed E-state index contributed by atoms with van der Waals surface area (Å²) in [5.41, 5.74) is 0. The zero-order chi connectivity index (χ0) is 42.3. The number of carbonyl (C=O) groups excluding carboxylic acids is 3. The fourth-order valence-electron chi connectivity index (χ4n) is 7.61. The zero-order valence-electron chi connectivity index (χ0n) is 39.1. The van der Waals surface area contributed by atoms with E-state index in [4.69, 9.17) is 14.2 Å². The van der Waals surface area contributed by atoms with Crippen molar-refractivity contribution >= 4 is 17.9 Å². The van der Waals surface area contributed by atoms with Crippen molar-refractivity contribution in [1.29, 1.82) is 0 Å². The van der Waals surface area contributed by atoms with Gasteiger partial charge in [0, 0.05) is 19.3 Å². The summed E-state index contributed by atoms with van der Waals surface area (Å²) in [5, 5.41) is 0. The maximum absolute atomic E-state index is 12.7. The fraction of sp³-hybridized carbons (Fsp3) is 0.904. The molecule has 0 saturated carbocycles. The van der Waals surface area contributed by atoms with E-state index >= 15 is 0 Å². The van der Waals surface area contributed by atoms with Crippen LogP contribution < -0.4 is 0 Å². The Labute approximate surface area is 360 Å². The summed E-state index contributed by atoms with van der Waals surface area (Å²) in [6.45, 7) is 6.61.